The molecule has 13 nitrogen and oxygen atoms in total. The van der Waals surface area contributed by atoms with E-state index < -0.39 is 18.0 Å². The average Bonchev–Trinajstić information content (AvgIpc) is 3.04. The first-order valence-electron chi connectivity index (χ1n) is 16.7. The number of anilines is 1. The second-order valence-corrected chi connectivity index (χ2v) is 14.0. The van der Waals surface area contributed by atoms with Crippen LogP contribution in [0.25, 0.3) is 0 Å². The third kappa shape index (κ3) is 6.12. The van der Waals surface area contributed by atoms with E-state index in [-0.39, 0.29) is 52.6 Å². The second-order valence-electron chi connectivity index (χ2n) is 14.0. The average molecular weight is 666 g/mol. The third-order valence-electron chi connectivity index (χ3n) is 10.3. The first kappa shape index (κ1) is 33.4. The normalized spacial score (nSPS) is 23.9. The van der Waals surface area contributed by atoms with Gasteiger partial charge in [0.25, 0.3) is 5.91 Å². The molecule has 2 bridgehead atoms. The number of benzene rings is 1. The molecule has 1 aliphatic carbocycles. The number of hydrogen-bond donors (Lipinski definition) is 1. The number of carbonyl (C=O) groups is 3. The number of amides is 3. The van der Waals surface area contributed by atoms with Gasteiger partial charge in [-0.3, -0.25) is 14.5 Å². The number of nitrogens with zero attached hydrogens (tertiary/aromatic N) is 7. The Hall–Kier alpha value is -4.49. The van der Waals surface area contributed by atoms with E-state index in [2.05, 4.69) is 20.0 Å². The van der Waals surface area contributed by atoms with Crippen molar-refractivity contribution in [2.24, 2.45) is 16.5 Å². The number of fused-ring (bicyclic) bond motifs is 3. The SMILES string of the molecule is CON=C1C[C@@H]2CC[C@H]1[C@@H](C(=O)N1CCC3(CC1)CN(c1ncncc1Oc1ccc(F)cc1C(=O)N(C(C)C)C(C)C)C3)N2C(=O)O. The summed E-state index contributed by atoms with van der Waals surface area (Å²) < 4.78 is 20.6. The van der Waals surface area contributed by atoms with Crippen molar-refractivity contribution in [1.29, 1.82) is 0 Å². The van der Waals surface area contributed by atoms with Crippen LogP contribution in [0.5, 0.6) is 11.5 Å². The molecule has 3 atom stereocenters. The summed E-state index contributed by atoms with van der Waals surface area (Å²) in [6.07, 6.45) is 5.37. The molecule has 5 aliphatic rings. The Morgan fingerprint density at radius 3 is 2.44 bits per heavy atom. The van der Waals surface area contributed by atoms with Crippen molar-refractivity contribution in [3.05, 3.63) is 42.1 Å². The topological polar surface area (TPSA) is 141 Å². The van der Waals surface area contributed by atoms with Crippen LogP contribution in [0.15, 0.2) is 35.9 Å². The molecule has 14 heteroatoms. The molecule has 1 saturated carbocycles. The highest BCUT2D eigenvalue weighted by molar-refractivity contribution is 5.98. The molecule has 5 fully saturated rings. The first-order chi connectivity index (χ1) is 22.9. The Kier molecular flexibility index (Phi) is 9.18. The number of ether oxygens (including phenoxy) is 1. The quantitative estimate of drug-likeness (QED) is 0.400. The predicted molar refractivity (Wildman–Crippen MR) is 175 cm³/mol. The number of oxime groups is 1. The zero-order chi connectivity index (χ0) is 34.3. The zero-order valence-electron chi connectivity index (χ0n) is 28.1. The molecule has 258 valence electrons. The van der Waals surface area contributed by atoms with Gasteiger partial charge in [0.05, 0.1) is 17.5 Å². The van der Waals surface area contributed by atoms with Crippen LogP contribution in [0.2, 0.25) is 0 Å². The molecule has 0 radical (unpaired) electrons. The van der Waals surface area contributed by atoms with Gasteiger partial charge in [0, 0.05) is 62.1 Å². The molecule has 5 heterocycles. The minimum Gasteiger partial charge on any atom is -0.465 e. The molecule has 4 saturated heterocycles. The van der Waals surface area contributed by atoms with Gasteiger partial charge in [-0.15, -0.1) is 0 Å². The number of likely N-dealkylation sites (tertiary alicyclic amines) is 1. The van der Waals surface area contributed by atoms with Crippen LogP contribution in [-0.2, 0) is 9.63 Å². The Labute approximate surface area is 279 Å². The fraction of sp³-hybridized carbons (Fsp3) is 0.588. The monoisotopic (exact) mass is 665 g/mol. The summed E-state index contributed by atoms with van der Waals surface area (Å²) in [4.78, 5) is 60.3. The number of carbonyl (C=O) groups excluding carboxylic acids is 2. The molecule has 1 aromatic carbocycles. The number of hydrogen-bond acceptors (Lipinski definition) is 9. The molecule has 7 rings (SSSR count). The van der Waals surface area contributed by atoms with Crippen molar-refractivity contribution in [2.45, 2.75) is 84.0 Å². The van der Waals surface area contributed by atoms with Crippen LogP contribution in [0.3, 0.4) is 0 Å². The van der Waals surface area contributed by atoms with Crippen molar-refractivity contribution in [1.82, 2.24) is 24.7 Å². The fourth-order valence-corrected chi connectivity index (χ4v) is 8.14. The lowest BCUT2D eigenvalue weighted by Gasteiger charge is -2.55. The van der Waals surface area contributed by atoms with E-state index in [9.17, 15) is 23.9 Å². The van der Waals surface area contributed by atoms with Crippen molar-refractivity contribution in [3.63, 3.8) is 0 Å². The van der Waals surface area contributed by atoms with E-state index in [1.165, 1.54) is 36.5 Å². The summed E-state index contributed by atoms with van der Waals surface area (Å²) >= 11 is 0. The Balaban J connectivity index is 1.13. The molecule has 1 N–H and O–H groups in total. The van der Waals surface area contributed by atoms with E-state index in [0.717, 1.165) is 18.6 Å². The molecule has 48 heavy (non-hydrogen) atoms. The van der Waals surface area contributed by atoms with Crippen molar-refractivity contribution in [2.75, 3.05) is 38.2 Å². The standard InChI is InChI=1S/C34H44FN7O6/c1-20(2)41(21(3)4)31(43)25-14-22(35)6-9-27(25)48-28-16-36-19-37-30(28)40-17-34(18-40)10-12-39(13-11-34)32(44)29-24-8-7-23(42(29)33(45)46)15-26(24)38-47-5/h6,9,14,16,19-21,23-24,29H,7-8,10-13,15,17-18H2,1-5H3,(H,45,46)/t23-,24+,29-/m0/s1. The summed E-state index contributed by atoms with van der Waals surface area (Å²) in [6.45, 7) is 10.1. The van der Waals surface area contributed by atoms with Gasteiger partial charge in [-0.1, -0.05) is 5.16 Å². The number of rotatable bonds is 8. The molecule has 0 unspecified atom stereocenters. The molecular formula is C34H44FN7O6. The lowest BCUT2D eigenvalue weighted by atomic mass is 9.70. The maximum Gasteiger partial charge on any atom is 0.408 e. The first-order valence-corrected chi connectivity index (χ1v) is 16.7. The Morgan fingerprint density at radius 1 is 1.08 bits per heavy atom. The molecule has 1 spiro atoms. The van der Waals surface area contributed by atoms with E-state index in [1.807, 2.05) is 32.6 Å². The van der Waals surface area contributed by atoms with Crippen LogP contribution < -0.4 is 9.64 Å². The van der Waals surface area contributed by atoms with Crippen LogP contribution in [0, 0.1) is 17.2 Å². The lowest BCUT2D eigenvalue weighted by molar-refractivity contribution is -0.143. The Morgan fingerprint density at radius 2 is 1.79 bits per heavy atom. The van der Waals surface area contributed by atoms with Gasteiger partial charge in [0.2, 0.25) is 5.91 Å². The second kappa shape index (κ2) is 13.2. The van der Waals surface area contributed by atoms with Gasteiger partial charge < -0.3 is 29.4 Å². The van der Waals surface area contributed by atoms with Gasteiger partial charge in [0.1, 0.15) is 31.0 Å². The highest BCUT2D eigenvalue weighted by Gasteiger charge is 2.54. The van der Waals surface area contributed by atoms with E-state index in [4.69, 9.17) is 9.57 Å². The minimum absolute atomic E-state index is 0.0360. The van der Waals surface area contributed by atoms with Crippen molar-refractivity contribution < 1.29 is 33.5 Å². The molecule has 3 amide bonds. The number of carboxylic acid groups (broad SMARTS) is 1. The van der Waals surface area contributed by atoms with Gasteiger partial charge in [-0.2, -0.15) is 0 Å². The molecule has 1 aromatic heterocycles. The number of piperidine rings is 3. The van der Waals surface area contributed by atoms with E-state index in [1.54, 1.807) is 11.1 Å². The van der Waals surface area contributed by atoms with E-state index >= 15 is 0 Å². The zero-order valence-corrected chi connectivity index (χ0v) is 28.1. The summed E-state index contributed by atoms with van der Waals surface area (Å²) in [5.74, 6) is -0.153. The highest BCUT2D eigenvalue weighted by Crippen LogP contribution is 2.46. The van der Waals surface area contributed by atoms with E-state index in [0.29, 0.717) is 57.0 Å². The molecule has 4 aliphatic heterocycles. The summed E-state index contributed by atoms with van der Waals surface area (Å²) in [5.41, 5.74) is 0.855. The van der Waals surface area contributed by atoms with Crippen LogP contribution in [0.4, 0.5) is 15.0 Å². The summed E-state index contributed by atoms with van der Waals surface area (Å²) in [7, 11) is 1.47. The van der Waals surface area contributed by atoms with Crippen molar-refractivity contribution in [3.8, 4) is 11.5 Å². The van der Waals surface area contributed by atoms with Crippen LogP contribution >= 0.6 is 0 Å². The third-order valence-corrected chi connectivity index (χ3v) is 10.3. The summed E-state index contributed by atoms with van der Waals surface area (Å²) in [6, 6.07) is 2.66. The van der Waals surface area contributed by atoms with Gasteiger partial charge >= 0.3 is 6.09 Å². The molecular weight excluding hydrogens is 621 g/mol. The smallest absolute Gasteiger partial charge is 0.408 e. The maximum atomic E-state index is 14.4. The highest BCUT2D eigenvalue weighted by atomic mass is 19.1. The summed E-state index contributed by atoms with van der Waals surface area (Å²) in [5, 5.41) is 14.2. The molecule has 2 aromatic rings. The van der Waals surface area contributed by atoms with Gasteiger partial charge in [-0.05, 0) is 71.6 Å². The predicted octanol–water partition coefficient (Wildman–Crippen LogP) is 4.63. The maximum absolute atomic E-state index is 14.4. The fourth-order valence-electron chi connectivity index (χ4n) is 8.14. The van der Waals surface area contributed by atoms with Gasteiger partial charge in [0.15, 0.2) is 11.6 Å². The largest absolute Gasteiger partial charge is 0.465 e. The number of halogens is 1. The van der Waals surface area contributed by atoms with Crippen molar-refractivity contribution >= 4 is 29.4 Å². The minimum atomic E-state index is -1.07. The number of aromatic nitrogens is 2. The Bertz CT molecular complexity index is 1580. The lowest BCUT2D eigenvalue weighted by Crippen LogP contribution is -2.67. The van der Waals surface area contributed by atoms with Gasteiger partial charge in [-0.25, -0.2) is 19.2 Å². The van der Waals surface area contributed by atoms with Crippen LogP contribution in [0.1, 0.15) is 70.2 Å². The van der Waals surface area contributed by atoms with Crippen LogP contribution in [-0.4, -0.2) is 111 Å².